The lowest BCUT2D eigenvalue weighted by Gasteiger charge is -2.60. The number of allylic oxidation sites excluding steroid dienone is 1. The molecule has 0 bridgehead atoms. The molecular formula is C31H36O5. The van der Waals surface area contributed by atoms with Gasteiger partial charge < -0.3 is 14.9 Å². The van der Waals surface area contributed by atoms with Crippen molar-refractivity contribution in [1.82, 2.24) is 0 Å². The summed E-state index contributed by atoms with van der Waals surface area (Å²) in [6.07, 6.45) is 5.86. The lowest BCUT2D eigenvalue weighted by atomic mass is 9.45. The maximum atomic E-state index is 13.6. The number of benzene rings is 2. The van der Waals surface area contributed by atoms with E-state index in [1.807, 2.05) is 55.5 Å². The van der Waals surface area contributed by atoms with Gasteiger partial charge in [-0.3, -0.25) is 9.59 Å². The fourth-order valence-corrected chi connectivity index (χ4v) is 8.73. The standard InChI is InChI=1S/C31H36O5/c1-29-14-12-21(32)16-20(29)10-11-23-24-13-15-31(35,30(24,2)17-25(33)28(23)29)27(34)18-36-26-9-5-7-19-6-3-4-8-22(19)26/h3-9,16,23-25,28,33,35H,10-15,17-18H2,1-2H3/t23?,24?,25?,28?,29?,30?,31-/m0/s1. The van der Waals surface area contributed by atoms with Crippen LogP contribution in [0.5, 0.6) is 5.75 Å². The number of ether oxygens (including phenoxy) is 1. The number of aliphatic hydroxyl groups excluding tert-OH is 1. The number of Topliss-reactive ketones (excluding diaryl/α,β-unsaturated/α-hetero) is 1. The van der Waals surface area contributed by atoms with Crippen molar-refractivity contribution in [1.29, 1.82) is 0 Å². The highest BCUT2D eigenvalue weighted by atomic mass is 16.5. The summed E-state index contributed by atoms with van der Waals surface area (Å²) in [5.74, 6) is 0.997. The van der Waals surface area contributed by atoms with Crippen LogP contribution in [0.25, 0.3) is 10.8 Å². The first-order valence-corrected chi connectivity index (χ1v) is 13.5. The normalized spacial score (nSPS) is 39.7. The molecule has 190 valence electrons. The van der Waals surface area contributed by atoms with Crippen LogP contribution < -0.4 is 4.74 Å². The third-order valence-corrected chi connectivity index (χ3v) is 10.6. The number of hydrogen-bond donors (Lipinski definition) is 2. The highest BCUT2D eigenvalue weighted by molar-refractivity contribution is 5.92. The minimum Gasteiger partial charge on any atom is -0.485 e. The van der Waals surface area contributed by atoms with Gasteiger partial charge in [-0.1, -0.05) is 55.8 Å². The smallest absolute Gasteiger partial charge is 0.202 e. The first-order valence-electron chi connectivity index (χ1n) is 13.5. The molecule has 0 aromatic heterocycles. The van der Waals surface area contributed by atoms with Crippen molar-refractivity contribution in [2.75, 3.05) is 6.61 Å². The molecule has 6 unspecified atom stereocenters. The molecule has 0 aliphatic heterocycles. The topological polar surface area (TPSA) is 83.8 Å². The molecule has 5 heteroatoms. The minimum atomic E-state index is -1.52. The van der Waals surface area contributed by atoms with Crippen LogP contribution in [0, 0.1) is 28.6 Å². The highest BCUT2D eigenvalue weighted by Crippen LogP contribution is 2.67. The number of fused-ring (bicyclic) bond motifs is 6. The van der Waals surface area contributed by atoms with Crippen molar-refractivity contribution in [3.8, 4) is 5.75 Å². The van der Waals surface area contributed by atoms with Crippen LogP contribution in [0.2, 0.25) is 0 Å². The number of ketones is 2. The summed E-state index contributed by atoms with van der Waals surface area (Å²) in [6.45, 7) is 4.04. The second-order valence-electron chi connectivity index (χ2n) is 12.2. The molecule has 0 heterocycles. The van der Waals surface area contributed by atoms with Gasteiger partial charge >= 0.3 is 0 Å². The predicted octanol–water partition coefficient (Wildman–Crippen LogP) is 5.02. The summed E-state index contributed by atoms with van der Waals surface area (Å²) in [5.41, 5.74) is -1.21. The second-order valence-corrected chi connectivity index (χ2v) is 12.2. The lowest BCUT2D eigenvalue weighted by molar-refractivity contribution is -0.181. The molecule has 2 N–H and O–H groups in total. The molecule has 2 aromatic rings. The Kier molecular flexibility index (Phi) is 5.47. The van der Waals surface area contributed by atoms with Gasteiger partial charge in [-0.2, -0.15) is 0 Å². The van der Waals surface area contributed by atoms with Crippen molar-refractivity contribution in [3.63, 3.8) is 0 Å². The molecule has 7 atom stereocenters. The van der Waals surface area contributed by atoms with E-state index >= 15 is 0 Å². The molecule has 4 aliphatic rings. The molecule has 0 spiro atoms. The Morgan fingerprint density at radius 2 is 1.83 bits per heavy atom. The third kappa shape index (κ3) is 3.28. The van der Waals surface area contributed by atoms with E-state index in [4.69, 9.17) is 4.74 Å². The molecule has 0 amide bonds. The molecule has 6 rings (SSSR count). The number of rotatable bonds is 4. The van der Waals surface area contributed by atoms with Crippen LogP contribution >= 0.6 is 0 Å². The Morgan fingerprint density at radius 1 is 1.06 bits per heavy atom. The monoisotopic (exact) mass is 488 g/mol. The van der Waals surface area contributed by atoms with E-state index < -0.39 is 17.1 Å². The molecule has 3 fully saturated rings. The molecule has 0 saturated heterocycles. The van der Waals surface area contributed by atoms with Gasteiger partial charge in [-0.25, -0.2) is 0 Å². The largest absolute Gasteiger partial charge is 0.485 e. The Labute approximate surface area is 212 Å². The van der Waals surface area contributed by atoms with Crippen LogP contribution in [0.4, 0.5) is 0 Å². The maximum Gasteiger partial charge on any atom is 0.202 e. The van der Waals surface area contributed by atoms with Crippen LogP contribution in [0.3, 0.4) is 0 Å². The van der Waals surface area contributed by atoms with E-state index in [1.165, 1.54) is 5.57 Å². The Balaban J connectivity index is 1.26. The highest BCUT2D eigenvalue weighted by Gasteiger charge is 2.68. The number of aliphatic hydroxyl groups is 2. The van der Waals surface area contributed by atoms with Crippen molar-refractivity contribution in [2.24, 2.45) is 28.6 Å². The Morgan fingerprint density at radius 3 is 2.67 bits per heavy atom. The molecule has 0 radical (unpaired) electrons. The van der Waals surface area contributed by atoms with Crippen LogP contribution in [0.15, 0.2) is 54.1 Å². The SMILES string of the molecule is CC12CCC(=O)C=C1CCC1C2C(O)CC2(C)C1CC[C@]2(O)C(=O)COc1cccc2ccccc12. The van der Waals surface area contributed by atoms with Crippen molar-refractivity contribution in [2.45, 2.75) is 70.5 Å². The van der Waals surface area contributed by atoms with Crippen LogP contribution in [-0.2, 0) is 9.59 Å². The number of carbonyl (C=O) groups is 2. The summed E-state index contributed by atoms with van der Waals surface area (Å²) in [7, 11) is 0. The minimum absolute atomic E-state index is 0.0630. The Bertz CT molecular complexity index is 1260. The zero-order chi connectivity index (χ0) is 25.3. The quantitative estimate of drug-likeness (QED) is 0.631. The van der Waals surface area contributed by atoms with E-state index in [0.29, 0.717) is 25.0 Å². The van der Waals surface area contributed by atoms with Gasteiger partial charge in [-0.15, -0.1) is 0 Å². The van der Waals surface area contributed by atoms with Gasteiger partial charge in [0.25, 0.3) is 0 Å². The summed E-state index contributed by atoms with van der Waals surface area (Å²) in [5, 5.41) is 25.5. The molecule has 3 saturated carbocycles. The summed E-state index contributed by atoms with van der Waals surface area (Å²) < 4.78 is 6.00. The van der Waals surface area contributed by atoms with E-state index in [-0.39, 0.29) is 41.3 Å². The lowest BCUT2D eigenvalue weighted by Crippen LogP contribution is -2.62. The van der Waals surface area contributed by atoms with Gasteiger partial charge in [0.1, 0.15) is 18.0 Å². The van der Waals surface area contributed by atoms with Gasteiger partial charge in [0.15, 0.2) is 5.78 Å². The zero-order valence-electron chi connectivity index (χ0n) is 21.2. The predicted molar refractivity (Wildman–Crippen MR) is 137 cm³/mol. The van der Waals surface area contributed by atoms with Crippen molar-refractivity contribution < 1.29 is 24.5 Å². The summed E-state index contributed by atoms with van der Waals surface area (Å²) in [6, 6.07) is 13.7. The molecule has 5 nitrogen and oxygen atoms in total. The summed E-state index contributed by atoms with van der Waals surface area (Å²) in [4.78, 5) is 25.7. The number of carbonyl (C=O) groups excluding carboxylic acids is 2. The van der Waals surface area contributed by atoms with Crippen LogP contribution in [-0.4, -0.2) is 40.1 Å². The summed E-state index contributed by atoms with van der Waals surface area (Å²) >= 11 is 0. The second kappa shape index (κ2) is 8.26. The van der Waals surface area contributed by atoms with E-state index in [1.54, 1.807) is 0 Å². The van der Waals surface area contributed by atoms with Gasteiger partial charge in [0.05, 0.1) is 6.10 Å². The molecule has 36 heavy (non-hydrogen) atoms. The van der Waals surface area contributed by atoms with Crippen molar-refractivity contribution >= 4 is 22.3 Å². The molecule has 4 aliphatic carbocycles. The first-order chi connectivity index (χ1) is 17.2. The zero-order valence-corrected chi connectivity index (χ0v) is 21.2. The van der Waals surface area contributed by atoms with Gasteiger partial charge in [0.2, 0.25) is 5.78 Å². The average molecular weight is 489 g/mol. The van der Waals surface area contributed by atoms with E-state index in [9.17, 15) is 19.8 Å². The molecular weight excluding hydrogens is 452 g/mol. The third-order valence-electron chi connectivity index (χ3n) is 10.6. The fourth-order valence-electron chi connectivity index (χ4n) is 8.73. The van der Waals surface area contributed by atoms with Crippen LogP contribution in [0.1, 0.15) is 58.8 Å². The van der Waals surface area contributed by atoms with E-state index in [2.05, 4.69) is 6.92 Å². The first kappa shape index (κ1) is 23.9. The Hall–Kier alpha value is -2.50. The molecule has 2 aromatic carbocycles. The van der Waals surface area contributed by atoms with Gasteiger partial charge in [-0.05, 0) is 79.2 Å². The number of hydrogen-bond acceptors (Lipinski definition) is 5. The maximum absolute atomic E-state index is 13.6. The van der Waals surface area contributed by atoms with Crippen molar-refractivity contribution in [3.05, 3.63) is 54.1 Å². The fraction of sp³-hybridized carbons (Fsp3) is 0.548. The van der Waals surface area contributed by atoms with E-state index in [0.717, 1.165) is 36.5 Å². The van der Waals surface area contributed by atoms with Gasteiger partial charge in [0, 0.05) is 17.2 Å². The average Bonchev–Trinajstić information content (AvgIpc) is 3.13.